The summed E-state index contributed by atoms with van der Waals surface area (Å²) >= 11 is 0. The highest BCUT2D eigenvalue weighted by Crippen LogP contribution is 2.27. The lowest BCUT2D eigenvalue weighted by molar-refractivity contribution is -0.152. The van der Waals surface area contributed by atoms with Crippen LogP contribution in [0.3, 0.4) is 0 Å². The summed E-state index contributed by atoms with van der Waals surface area (Å²) in [5, 5.41) is 2.78. The Morgan fingerprint density at radius 3 is 2.00 bits per heavy atom. The summed E-state index contributed by atoms with van der Waals surface area (Å²) in [6, 6.07) is 15.3. The van der Waals surface area contributed by atoms with Crippen molar-refractivity contribution < 1.29 is 43.0 Å². The molecule has 4 rings (SSSR count). The highest BCUT2D eigenvalue weighted by Gasteiger charge is 2.45. The molecule has 0 fully saturated rings. The van der Waals surface area contributed by atoms with E-state index in [1.165, 1.54) is 12.2 Å². The quantitative estimate of drug-likeness (QED) is 0.0699. The minimum absolute atomic E-state index is 0.00180. The van der Waals surface area contributed by atoms with E-state index in [1.807, 2.05) is 48.5 Å². The third-order valence-corrected chi connectivity index (χ3v) is 9.64. The van der Waals surface area contributed by atoms with E-state index in [4.69, 9.17) is 9.47 Å². The van der Waals surface area contributed by atoms with Crippen molar-refractivity contribution in [3.05, 3.63) is 77.4 Å². The van der Waals surface area contributed by atoms with Gasteiger partial charge in [-0.3, -0.25) is 38.5 Å². The van der Waals surface area contributed by atoms with Crippen LogP contribution < -0.4 is 10.2 Å². The molecule has 55 heavy (non-hydrogen) atoms. The van der Waals surface area contributed by atoms with Crippen LogP contribution in [0.2, 0.25) is 0 Å². The van der Waals surface area contributed by atoms with Gasteiger partial charge in [0.2, 0.25) is 11.8 Å². The van der Waals surface area contributed by atoms with E-state index >= 15 is 0 Å². The monoisotopic (exact) mass is 753 g/mol. The Balaban J connectivity index is 1.22. The maximum atomic E-state index is 13.7. The number of Topliss-reactive ketones (excluding diaryl/α,β-unsaturated/α-hetero) is 3. The molecule has 1 N–H and O–H groups in total. The van der Waals surface area contributed by atoms with E-state index in [0.717, 1.165) is 27.3 Å². The molecule has 0 radical (unpaired) electrons. The summed E-state index contributed by atoms with van der Waals surface area (Å²) in [6.07, 6.45) is 4.74. The number of ketones is 3. The molecule has 2 aliphatic heterocycles. The van der Waals surface area contributed by atoms with Crippen molar-refractivity contribution in [1.82, 2.24) is 10.2 Å². The smallest absolute Gasteiger partial charge is 0.253 e. The number of para-hydroxylation sites is 1. The number of ether oxygens (including phenoxy) is 2. The maximum absolute atomic E-state index is 13.7. The van der Waals surface area contributed by atoms with E-state index < -0.39 is 23.1 Å². The highest BCUT2D eigenvalue weighted by molar-refractivity contribution is 6.13. The first kappa shape index (κ1) is 42.5. The number of nitrogens with zero attached hydrogens (tertiary/aromatic N) is 2. The Labute approximate surface area is 323 Å². The van der Waals surface area contributed by atoms with Gasteiger partial charge in [0, 0.05) is 88.1 Å². The fourth-order valence-electron chi connectivity index (χ4n) is 6.43. The average molecular weight is 754 g/mol. The molecule has 2 heterocycles. The van der Waals surface area contributed by atoms with Crippen LogP contribution in [-0.4, -0.2) is 85.4 Å². The molecule has 0 saturated heterocycles. The number of imide groups is 1. The predicted octanol–water partition coefficient (Wildman–Crippen LogP) is 4.64. The van der Waals surface area contributed by atoms with Gasteiger partial charge in [-0.2, -0.15) is 0 Å². The first-order valence-corrected chi connectivity index (χ1v) is 19.1. The van der Waals surface area contributed by atoms with Gasteiger partial charge in [0.25, 0.3) is 11.8 Å². The number of nitrogens with one attached hydrogen (secondary N) is 1. The number of fused-ring (bicyclic) bond motifs is 2. The minimum atomic E-state index is -1.60. The number of anilines is 1. The van der Waals surface area contributed by atoms with Gasteiger partial charge in [0.05, 0.1) is 25.4 Å². The largest absolute Gasteiger partial charge is 0.380 e. The van der Waals surface area contributed by atoms with Crippen LogP contribution in [0, 0.1) is 17.3 Å². The molecule has 0 aromatic heterocycles. The molecule has 0 atom stereocenters. The number of benzene rings is 2. The number of carbonyl (C=O) groups is 7. The number of hydrogen-bond donors (Lipinski definition) is 1. The van der Waals surface area contributed by atoms with E-state index in [9.17, 15) is 33.6 Å². The van der Waals surface area contributed by atoms with Crippen LogP contribution in [0.5, 0.6) is 0 Å². The molecule has 0 unspecified atom stereocenters. The van der Waals surface area contributed by atoms with Crippen molar-refractivity contribution in [2.24, 2.45) is 5.41 Å². The van der Waals surface area contributed by atoms with Gasteiger partial charge in [0.15, 0.2) is 11.2 Å². The average Bonchev–Trinajstić information content (AvgIpc) is 3.50. The Morgan fingerprint density at radius 1 is 0.709 bits per heavy atom. The van der Waals surface area contributed by atoms with Crippen LogP contribution in [0.15, 0.2) is 60.7 Å². The fraction of sp³-hybridized carbons (Fsp3) is 0.465. The Kier molecular flexibility index (Phi) is 16.7. The van der Waals surface area contributed by atoms with Gasteiger partial charge in [-0.05, 0) is 63.3 Å². The van der Waals surface area contributed by atoms with Crippen LogP contribution >= 0.6 is 0 Å². The number of unbranched alkanes of at least 4 members (excludes halogenated alkanes) is 1. The fourth-order valence-corrected chi connectivity index (χ4v) is 6.43. The molecule has 0 spiro atoms. The van der Waals surface area contributed by atoms with E-state index in [1.54, 1.807) is 18.7 Å². The van der Waals surface area contributed by atoms with Gasteiger partial charge in [-0.1, -0.05) is 42.2 Å². The van der Waals surface area contributed by atoms with Crippen LogP contribution in [-0.2, 0) is 49.6 Å². The normalized spacial score (nSPS) is 13.3. The molecule has 2 aromatic rings. The molecular weight excluding hydrogens is 702 g/mol. The van der Waals surface area contributed by atoms with Gasteiger partial charge >= 0.3 is 0 Å². The lowest BCUT2D eigenvalue weighted by atomic mass is 9.81. The first-order valence-electron chi connectivity index (χ1n) is 19.1. The standard InChI is InChI=1S/C43H51N3O9/c1-3-54-30-43(31-55-4-2,42(53)44-27-12-18-36(48)26-28-45-40(51)24-25-41(45)52)38(49)20-10-8-16-35(47)17-11-21-39(50)46-29-34-15-6-5-13-32(34)22-23-33-14-7-9-19-37(33)46/h5-7,9,13-15,19,24-25H,3-4,8,10-12,16-18,20-21,26-31H2,1-2H3,(H,44,53). The Morgan fingerprint density at radius 2 is 1.29 bits per heavy atom. The Hall–Kier alpha value is -5.25. The van der Waals surface area contributed by atoms with Crippen molar-refractivity contribution in [2.45, 2.75) is 84.6 Å². The van der Waals surface area contributed by atoms with Gasteiger partial charge < -0.3 is 19.7 Å². The lowest BCUT2D eigenvalue weighted by Gasteiger charge is -2.30. The van der Waals surface area contributed by atoms with Crippen molar-refractivity contribution in [3.8, 4) is 11.8 Å². The van der Waals surface area contributed by atoms with Crippen LogP contribution in [0.4, 0.5) is 5.69 Å². The molecule has 0 bridgehead atoms. The van der Waals surface area contributed by atoms with E-state index in [2.05, 4.69) is 17.2 Å². The summed E-state index contributed by atoms with van der Waals surface area (Å²) in [5.41, 5.74) is 1.77. The highest BCUT2D eigenvalue weighted by atomic mass is 16.5. The Bertz CT molecular complexity index is 1800. The summed E-state index contributed by atoms with van der Waals surface area (Å²) in [4.78, 5) is 92.1. The lowest BCUT2D eigenvalue weighted by Crippen LogP contribution is -2.53. The molecule has 12 heteroatoms. The third-order valence-electron chi connectivity index (χ3n) is 9.64. The minimum Gasteiger partial charge on any atom is -0.380 e. The summed E-state index contributed by atoms with van der Waals surface area (Å²) in [6.45, 7) is 4.26. The maximum Gasteiger partial charge on any atom is 0.253 e. The topological polar surface area (TPSA) is 156 Å². The molecule has 2 aromatic carbocycles. The second kappa shape index (κ2) is 21.6. The molecular formula is C43H51N3O9. The molecule has 0 aliphatic carbocycles. The summed E-state index contributed by atoms with van der Waals surface area (Å²) < 4.78 is 11.2. The molecule has 4 amide bonds. The number of amides is 4. The van der Waals surface area contributed by atoms with Crippen molar-refractivity contribution in [2.75, 3.05) is 44.4 Å². The zero-order valence-electron chi connectivity index (χ0n) is 31.9. The second-order valence-corrected chi connectivity index (χ2v) is 13.6. The molecule has 12 nitrogen and oxygen atoms in total. The number of carbonyl (C=O) groups excluding carboxylic acids is 7. The van der Waals surface area contributed by atoms with Crippen LogP contribution in [0.25, 0.3) is 0 Å². The predicted molar refractivity (Wildman–Crippen MR) is 206 cm³/mol. The van der Waals surface area contributed by atoms with E-state index in [-0.39, 0.29) is 101 Å². The first-order chi connectivity index (χ1) is 26.6. The summed E-state index contributed by atoms with van der Waals surface area (Å²) in [5.74, 6) is 4.37. The van der Waals surface area contributed by atoms with Gasteiger partial charge in [0.1, 0.15) is 11.6 Å². The molecule has 2 aliphatic rings. The van der Waals surface area contributed by atoms with Gasteiger partial charge in [-0.15, -0.1) is 0 Å². The number of hydrogen-bond acceptors (Lipinski definition) is 9. The molecule has 292 valence electrons. The van der Waals surface area contributed by atoms with Gasteiger partial charge in [-0.25, -0.2) is 0 Å². The second-order valence-electron chi connectivity index (χ2n) is 13.6. The molecule has 0 saturated carbocycles. The van der Waals surface area contributed by atoms with Crippen molar-refractivity contribution >= 4 is 46.7 Å². The SMILES string of the molecule is CCOCC(COCC)(C(=O)CCCCC(=O)CCCC(=O)N1Cc2ccccc2C#Cc2ccccc21)C(=O)NCCCC(=O)CCN1C(=O)C=CC1=O. The summed E-state index contributed by atoms with van der Waals surface area (Å²) in [7, 11) is 0. The third kappa shape index (κ3) is 12.1. The zero-order valence-corrected chi connectivity index (χ0v) is 31.9. The van der Waals surface area contributed by atoms with Crippen molar-refractivity contribution in [3.63, 3.8) is 0 Å². The van der Waals surface area contributed by atoms with E-state index in [0.29, 0.717) is 32.2 Å². The zero-order chi connectivity index (χ0) is 39.6. The van der Waals surface area contributed by atoms with Crippen LogP contribution in [0.1, 0.15) is 94.7 Å². The number of rotatable bonds is 24. The van der Waals surface area contributed by atoms with Crippen molar-refractivity contribution in [1.29, 1.82) is 0 Å².